The van der Waals surface area contributed by atoms with Crippen molar-refractivity contribution in [2.75, 3.05) is 12.9 Å². The van der Waals surface area contributed by atoms with E-state index in [1.54, 1.807) is 31.5 Å². The Labute approximate surface area is 221 Å². The highest BCUT2D eigenvalue weighted by molar-refractivity contribution is 9.10. The molecular formula is C27H22BrClN2O3S. The Bertz CT molecular complexity index is 1360. The molecule has 0 heterocycles. The number of hydrazone groups is 1. The molecule has 178 valence electrons. The van der Waals surface area contributed by atoms with E-state index in [1.807, 2.05) is 30.3 Å². The molecule has 5 nitrogen and oxygen atoms in total. The lowest BCUT2D eigenvalue weighted by Crippen LogP contribution is -2.19. The first-order chi connectivity index (χ1) is 17.0. The SMILES string of the molecule is COc1cc(/C=N\NC(=O)CSc2ccc(Cl)cc2)cc(Br)c1OCc1ccc2ccccc2c1. The second-order valence-electron chi connectivity index (χ2n) is 7.54. The molecule has 0 aliphatic carbocycles. The first-order valence-corrected chi connectivity index (χ1v) is 12.9. The number of thioether (sulfide) groups is 1. The number of nitrogens with one attached hydrogen (secondary N) is 1. The van der Waals surface area contributed by atoms with Gasteiger partial charge in [0.05, 0.1) is 23.5 Å². The van der Waals surface area contributed by atoms with Crippen LogP contribution in [0.25, 0.3) is 10.8 Å². The number of ether oxygens (including phenoxy) is 2. The van der Waals surface area contributed by atoms with Crippen LogP contribution in [0.5, 0.6) is 11.5 Å². The van der Waals surface area contributed by atoms with Crippen molar-refractivity contribution in [3.63, 3.8) is 0 Å². The molecule has 0 saturated carbocycles. The molecule has 0 spiro atoms. The van der Waals surface area contributed by atoms with Crippen LogP contribution in [0.2, 0.25) is 5.02 Å². The molecule has 0 bridgehead atoms. The molecule has 1 N–H and O–H groups in total. The topological polar surface area (TPSA) is 59.9 Å². The van der Waals surface area contributed by atoms with E-state index in [-0.39, 0.29) is 11.7 Å². The van der Waals surface area contributed by atoms with Gasteiger partial charge in [-0.15, -0.1) is 11.8 Å². The zero-order valence-electron chi connectivity index (χ0n) is 18.8. The van der Waals surface area contributed by atoms with Crippen molar-refractivity contribution < 1.29 is 14.3 Å². The zero-order valence-corrected chi connectivity index (χ0v) is 22.0. The van der Waals surface area contributed by atoms with Crippen LogP contribution in [0.1, 0.15) is 11.1 Å². The monoisotopic (exact) mass is 568 g/mol. The lowest BCUT2D eigenvalue weighted by atomic mass is 10.1. The summed E-state index contributed by atoms with van der Waals surface area (Å²) in [5.41, 5.74) is 4.35. The second kappa shape index (κ2) is 12.1. The summed E-state index contributed by atoms with van der Waals surface area (Å²) in [6.07, 6.45) is 1.56. The average molecular weight is 570 g/mol. The summed E-state index contributed by atoms with van der Waals surface area (Å²) in [6, 6.07) is 25.5. The molecule has 0 aliphatic heterocycles. The van der Waals surface area contributed by atoms with Gasteiger partial charge in [-0.25, -0.2) is 5.43 Å². The van der Waals surface area contributed by atoms with E-state index in [4.69, 9.17) is 21.1 Å². The van der Waals surface area contributed by atoms with Crippen LogP contribution in [0.4, 0.5) is 0 Å². The highest BCUT2D eigenvalue weighted by Crippen LogP contribution is 2.37. The van der Waals surface area contributed by atoms with Gasteiger partial charge in [0.2, 0.25) is 5.91 Å². The number of methoxy groups -OCH3 is 1. The third-order valence-electron chi connectivity index (χ3n) is 5.04. The molecule has 0 unspecified atom stereocenters. The molecule has 0 radical (unpaired) electrons. The summed E-state index contributed by atoms with van der Waals surface area (Å²) in [5.74, 6) is 1.20. The van der Waals surface area contributed by atoms with Crippen LogP contribution in [0, 0.1) is 0 Å². The van der Waals surface area contributed by atoms with Crippen molar-refractivity contribution in [1.29, 1.82) is 0 Å². The van der Waals surface area contributed by atoms with Crippen molar-refractivity contribution in [2.45, 2.75) is 11.5 Å². The van der Waals surface area contributed by atoms with E-state index < -0.39 is 0 Å². The van der Waals surface area contributed by atoms with Gasteiger partial charge < -0.3 is 9.47 Å². The van der Waals surface area contributed by atoms with Crippen LogP contribution < -0.4 is 14.9 Å². The lowest BCUT2D eigenvalue weighted by molar-refractivity contribution is -0.118. The summed E-state index contributed by atoms with van der Waals surface area (Å²) in [5, 5.41) is 7.08. The minimum atomic E-state index is -0.206. The number of hydrogen-bond donors (Lipinski definition) is 1. The summed E-state index contributed by atoms with van der Waals surface area (Å²) in [7, 11) is 1.58. The van der Waals surface area contributed by atoms with Crippen LogP contribution >= 0.6 is 39.3 Å². The number of hydrogen-bond acceptors (Lipinski definition) is 5. The molecule has 35 heavy (non-hydrogen) atoms. The van der Waals surface area contributed by atoms with E-state index in [9.17, 15) is 4.79 Å². The zero-order chi connectivity index (χ0) is 24.6. The molecule has 0 saturated heterocycles. The number of benzene rings is 4. The first-order valence-electron chi connectivity index (χ1n) is 10.7. The molecule has 4 aromatic rings. The number of rotatable bonds is 9. The highest BCUT2D eigenvalue weighted by Gasteiger charge is 2.12. The molecule has 8 heteroatoms. The lowest BCUT2D eigenvalue weighted by Gasteiger charge is -2.14. The Balaban J connectivity index is 1.36. The molecule has 0 fully saturated rings. The van der Waals surface area contributed by atoms with Crippen molar-refractivity contribution >= 4 is 62.2 Å². The number of carbonyl (C=O) groups excluding carboxylic acids is 1. The van der Waals surface area contributed by atoms with Crippen molar-refractivity contribution in [1.82, 2.24) is 5.43 Å². The Kier molecular flexibility index (Phi) is 8.69. The predicted molar refractivity (Wildman–Crippen MR) is 147 cm³/mol. The Morgan fingerprint density at radius 2 is 1.83 bits per heavy atom. The smallest absolute Gasteiger partial charge is 0.250 e. The number of halogens is 2. The summed E-state index contributed by atoms with van der Waals surface area (Å²) < 4.78 is 12.3. The van der Waals surface area contributed by atoms with Crippen molar-refractivity contribution in [2.24, 2.45) is 5.10 Å². The fourth-order valence-electron chi connectivity index (χ4n) is 3.33. The normalized spacial score (nSPS) is 11.1. The van der Waals surface area contributed by atoms with Gasteiger partial charge in [0.15, 0.2) is 11.5 Å². The van der Waals surface area contributed by atoms with Gasteiger partial charge in [-0.2, -0.15) is 5.10 Å². The fourth-order valence-corrected chi connectivity index (χ4v) is 4.72. The minimum Gasteiger partial charge on any atom is -0.493 e. The molecule has 0 aromatic heterocycles. The first kappa shape index (κ1) is 25.1. The Morgan fingerprint density at radius 1 is 1.06 bits per heavy atom. The third kappa shape index (κ3) is 7.01. The van der Waals surface area contributed by atoms with Crippen molar-refractivity contribution in [3.05, 3.63) is 99.5 Å². The molecule has 0 aliphatic rings. The average Bonchev–Trinajstić information content (AvgIpc) is 2.87. The van der Waals surface area contributed by atoms with E-state index in [0.717, 1.165) is 20.5 Å². The fraction of sp³-hybridized carbons (Fsp3) is 0.111. The third-order valence-corrected chi connectivity index (χ3v) is 6.89. The summed E-state index contributed by atoms with van der Waals surface area (Å²) >= 11 is 10.9. The molecular weight excluding hydrogens is 548 g/mol. The number of amides is 1. The van der Waals surface area contributed by atoms with Gasteiger partial charge in [-0.1, -0.05) is 48.0 Å². The summed E-state index contributed by atoms with van der Waals surface area (Å²) in [4.78, 5) is 13.1. The number of carbonyl (C=O) groups is 1. The van der Waals surface area contributed by atoms with Gasteiger partial charge in [0.25, 0.3) is 0 Å². The van der Waals surface area contributed by atoms with Crippen molar-refractivity contribution in [3.8, 4) is 11.5 Å². The van der Waals surface area contributed by atoms with Gasteiger partial charge in [0.1, 0.15) is 6.61 Å². The maximum Gasteiger partial charge on any atom is 0.250 e. The second-order valence-corrected chi connectivity index (χ2v) is 9.88. The Morgan fingerprint density at radius 3 is 2.60 bits per heavy atom. The quantitative estimate of drug-likeness (QED) is 0.133. The molecule has 4 rings (SSSR count). The summed E-state index contributed by atoms with van der Waals surface area (Å²) in [6.45, 7) is 0.397. The van der Waals surface area contributed by atoms with Gasteiger partial charge in [-0.05, 0) is 80.3 Å². The van der Waals surface area contributed by atoms with Crippen LogP contribution in [0.15, 0.2) is 93.3 Å². The molecule has 1 amide bonds. The van der Waals surface area contributed by atoms with E-state index >= 15 is 0 Å². The Hall–Kier alpha value is -3.00. The van der Waals surface area contributed by atoms with E-state index in [0.29, 0.717) is 23.1 Å². The molecule has 4 aromatic carbocycles. The van der Waals surface area contributed by atoms with E-state index in [2.05, 4.69) is 56.8 Å². The van der Waals surface area contributed by atoms with Gasteiger partial charge >= 0.3 is 0 Å². The number of fused-ring (bicyclic) bond motifs is 1. The highest BCUT2D eigenvalue weighted by atomic mass is 79.9. The minimum absolute atomic E-state index is 0.206. The van der Waals surface area contributed by atoms with Crippen LogP contribution in [0.3, 0.4) is 0 Å². The maximum atomic E-state index is 12.1. The van der Waals surface area contributed by atoms with Gasteiger partial charge in [-0.3, -0.25) is 4.79 Å². The predicted octanol–water partition coefficient (Wildman–Crippen LogP) is 7.09. The molecule has 0 atom stereocenters. The van der Waals surface area contributed by atoms with E-state index in [1.165, 1.54) is 22.5 Å². The largest absolute Gasteiger partial charge is 0.493 e. The van der Waals surface area contributed by atoms with Crippen LogP contribution in [-0.4, -0.2) is 25.0 Å². The maximum absolute atomic E-state index is 12.1. The standard InChI is InChI=1S/C27H22BrClN2O3S/c1-33-25-14-19(15-30-31-26(32)17-35-23-10-8-22(29)9-11-23)13-24(28)27(25)34-16-18-6-7-20-4-2-3-5-21(20)12-18/h2-15H,16-17H2,1H3,(H,31,32)/b30-15-. The van der Waals surface area contributed by atoms with Gasteiger partial charge in [0, 0.05) is 9.92 Å². The van der Waals surface area contributed by atoms with Crippen LogP contribution in [-0.2, 0) is 11.4 Å². The number of nitrogens with zero attached hydrogens (tertiary/aromatic N) is 1.